The zero-order valence-electron chi connectivity index (χ0n) is 12.3. The minimum Gasteiger partial charge on any atom is -0.494 e. The highest BCUT2D eigenvalue weighted by Gasteiger charge is 2.22. The van der Waals surface area contributed by atoms with E-state index in [0.717, 1.165) is 5.56 Å². The lowest BCUT2D eigenvalue weighted by Gasteiger charge is -2.27. The van der Waals surface area contributed by atoms with Crippen molar-refractivity contribution in [2.75, 3.05) is 13.7 Å². The highest BCUT2D eigenvalue weighted by atomic mass is 19.1. The SMILES string of the molecule is COc1ccc(C(C)NCC(O)C(C)(C)C)cc1F. The van der Waals surface area contributed by atoms with Crippen LogP contribution >= 0.6 is 0 Å². The van der Waals surface area contributed by atoms with E-state index >= 15 is 0 Å². The van der Waals surface area contributed by atoms with E-state index in [2.05, 4.69) is 5.32 Å². The molecule has 0 radical (unpaired) electrons. The van der Waals surface area contributed by atoms with E-state index < -0.39 is 6.10 Å². The second-order valence-electron chi connectivity index (χ2n) is 5.91. The molecule has 19 heavy (non-hydrogen) atoms. The lowest BCUT2D eigenvalue weighted by molar-refractivity contribution is 0.0609. The minimum absolute atomic E-state index is 0.0302. The van der Waals surface area contributed by atoms with Gasteiger partial charge in [-0.1, -0.05) is 26.8 Å². The standard InChI is InChI=1S/C15H24FNO2/c1-10(17-9-14(18)15(2,3)4)11-6-7-13(19-5)12(16)8-11/h6-8,10,14,17-18H,9H2,1-5H3. The van der Waals surface area contributed by atoms with Crippen LogP contribution in [-0.2, 0) is 0 Å². The molecule has 0 aliphatic carbocycles. The second-order valence-corrected chi connectivity index (χ2v) is 5.91. The summed E-state index contributed by atoms with van der Waals surface area (Å²) in [6.07, 6.45) is -0.446. The fraction of sp³-hybridized carbons (Fsp3) is 0.600. The number of halogens is 1. The Kier molecular flexibility index (Phi) is 5.32. The lowest BCUT2D eigenvalue weighted by atomic mass is 9.89. The zero-order valence-corrected chi connectivity index (χ0v) is 12.3. The summed E-state index contributed by atoms with van der Waals surface area (Å²) in [4.78, 5) is 0. The first-order chi connectivity index (χ1) is 8.75. The molecule has 0 aliphatic rings. The van der Waals surface area contributed by atoms with Crippen LogP contribution in [0.4, 0.5) is 4.39 Å². The van der Waals surface area contributed by atoms with Gasteiger partial charge in [-0.05, 0) is 30.0 Å². The quantitative estimate of drug-likeness (QED) is 0.863. The van der Waals surface area contributed by atoms with Gasteiger partial charge in [-0.2, -0.15) is 0 Å². The van der Waals surface area contributed by atoms with Gasteiger partial charge in [0.05, 0.1) is 13.2 Å². The Morgan fingerprint density at radius 3 is 2.47 bits per heavy atom. The summed E-state index contributed by atoms with van der Waals surface area (Å²) >= 11 is 0. The van der Waals surface area contributed by atoms with Crippen LogP contribution in [0, 0.1) is 11.2 Å². The molecule has 2 atom stereocenters. The maximum atomic E-state index is 13.6. The van der Waals surface area contributed by atoms with E-state index in [1.807, 2.05) is 33.8 Å². The minimum atomic E-state index is -0.446. The van der Waals surface area contributed by atoms with Crippen LogP contribution < -0.4 is 10.1 Å². The topological polar surface area (TPSA) is 41.5 Å². The van der Waals surface area contributed by atoms with Crippen LogP contribution in [0.1, 0.15) is 39.3 Å². The smallest absolute Gasteiger partial charge is 0.165 e. The van der Waals surface area contributed by atoms with Gasteiger partial charge in [0.25, 0.3) is 0 Å². The fourth-order valence-electron chi connectivity index (χ4n) is 1.66. The summed E-state index contributed by atoms with van der Waals surface area (Å²) in [5.41, 5.74) is 0.664. The van der Waals surface area contributed by atoms with Crippen LogP contribution in [0.25, 0.3) is 0 Å². The maximum Gasteiger partial charge on any atom is 0.165 e. The van der Waals surface area contributed by atoms with Crippen molar-refractivity contribution in [3.8, 4) is 5.75 Å². The van der Waals surface area contributed by atoms with Crippen LogP contribution in [0.5, 0.6) is 5.75 Å². The number of hydrogen-bond donors (Lipinski definition) is 2. The summed E-state index contributed by atoms with van der Waals surface area (Å²) in [5.74, 6) is -0.129. The third-order valence-corrected chi connectivity index (χ3v) is 3.29. The maximum absolute atomic E-state index is 13.6. The number of hydrogen-bond acceptors (Lipinski definition) is 3. The Balaban J connectivity index is 2.64. The number of aliphatic hydroxyl groups excluding tert-OH is 1. The number of rotatable bonds is 5. The molecule has 4 heteroatoms. The molecule has 108 valence electrons. The Hall–Kier alpha value is -1.13. The normalized spacial score (nSPS) is 15.1. The second kappa shape index (κ2) is 6.35. The zero-order chi connectivity index (χ0) is 14.6. The molecule has 0 aliphatic heterocycles. The highest BCUT2D eigenvalue weighted by molar-refractivity contribution is 5.30. The predicted molar refractivity (Wildman–Crippen MR) is 74.8 cm³/mol. The molecule has 0 fully saturated rings. The van der Waals surface area contributed by atoms with E-state index in [1.165, 1.54) is 13.2 Å². The summed E-state index contributed by atoms with van der Waals surface area (Å²) in [6.45, 7) is 8.36. The Labute approximate surface area is 114 Å². The molecule has 3 nitrogen and oxygen atoms in total. The molecule has 0 heterocycles. The number of nitrogens with one attached hydrogen (secondary N) is 1. The van der Waals surface area contributed by atoms with Gasteiger partial charge in [-0.3, -0.25) is 0 Å². The van der Waals surface area contributed by atoms with Gasteiger partial charge < -0.3 is 15.2 Å². The molecular formula is C15H24FNO2. The molecule has 1 aromatic carbocycles. The fourth-order valence-corrected chi connectivity index (χ4v) is 1.66. The average Bonchev–Trinajstić information content (AvgIpc) is 2.34. The molecule has 1 aromatic rings. The van der Waals surface area contributed by atoms with Crippen molar-refractivity contribution in [1.82, 2.24) is 5.32 Å². The summed E-state index contributed by atoms with van der Waals surface area (Å²) in [7, 11) is 1.44. The molecule has 2 N–H and O–H groups in total. The van der Waals surface area contributed by atoms with Gasteiger partial charge in [0.1, 0.15) is 0 Å². The first-order valence-electron chi connectivity index (χ1n) is 6.50. The van der Waals surface area contributed by atoms with Gasteiger partial charge in [-0.25, -0.2) is 4.39 Å². The van der Waals surface area contributed by atoms with Crippen molar-refractivity contribution in [3.05, 3.63) is 29.6 Å². The van der Waals surface area contributed by atoms with Gasteiger partial charge in [0, 0.05) is 12.6 Å². The molecule has 0 aromatic heterocycles. The first-order valence-corrected chi connectivity index (χ1v) is 6.50. The number of benzene rings is 1. The van der Waals surface area contributed by atoms with Gasteiger partial charge in [-0.15, -0.1) is 0 Å². The van der Waals surface area contributed by atoms with Crippen LogP contribution in [0.3, 0.4) is 0 Å². The molecule has 0 bridgehead atoms. The lowest BCUT2D eigenvalue weighted by Crippen LogP contribution is -2.37. The molecule has 0 amide bonds. The average molecular weight is 269 g/mol. The Morgan fingerprint density at radius 2 is 2.00 bits per heavy atom. The third kappa shape index (κ3) is 4.48. The summed E-state index contributed by atoms with van der Waals surface area (Å²) in [5, 5.41) is 13.2. The summed E-state index contributed by atoms with van der Waals surface area (Å²) < 4.78 is 18.5. The molecule has 1 rings (SSSR count). The Morgan fingerprint density at radius 1 is 1.37 bits per heavy atom. The van der Waals surface area contributed by atoms with E-state index in [0.29, 0.717) is 6.54 Å². The van der Waals surface area contributed by atoms with Crippen molar-refractivity contribution in [1.29, 1.82) is 0 Å². The predicted octanol–water partition coefficient (Wildman–Crippen LogP) is 2.89. The van der Waals surface area contributed by atoms with Crippen molar-refractivity contribution in [3.63, 3.8) is 0 Å². The van der Waals surface area contributed by atoms with Gasteiger partial charge in [0.15, 0.2) is 11.6 Å². The van der Waals surface area contributed by atoms with Crippen molar-refractivity contribution < 1.29 is 14.2 Å². The Bertz CT molecular complexity index is 415. The largest absolute Gasteiger partial charge is 0.494 e. The third-order valence-electron chi connectivity index (χ3n) is 3.29. The van der Waals surface area contributed by atoms with E-state index in [4.69, 9.17) is 4.74 Å². The van der Waals surface area contributed by atoms with Gasteiger partial charge >= 0.3 is 0 Å². The van der Waals surface area contributed by atoms with Crippen molar-refractivity contribution >= 4 is 0 Å². The number of ether oxygens (including phenoxy) is 1. The summed E-state index contributed by atoms with van der Waals surface area (Å²) in [6, 6.07) is 4.86. The molecule has 2 unspecified atom stereocenters. The van der Waals surface area contributed by atoms with Crippen LogP contribution in [0.2, 0.25) is 0 Å². The van der Waals surface area contributed by atoms with Crippen molar-refractivity contribution in [2.24, 2.45) is 5.41 Å². The first kappa shape index (κ1) is 15.9. The van der Waals surface area contributed by atoms with Crippen molar-refractivity contribution in [2.45, 2.75) is 39.8 Å². The number of aliphatic hydroxyl groups is 1. The van der Waals surface area contributed by atoms with Crippen LogP contribution in [0.15, 0.2) is 18.2 Å². The highest BCUT2D eigenvalue weighted by Crippen LogP contribution is 2.23. The molecule has 0 saturated carbocycles. The number of methoxy groups -OCH3 is 1. The molecule has 0 saturated heterocycles. The monoisotopic (exact) mass is 269 g/mol. The van der Waals surface area contributed by atoms with E-state index in [1.54, 1.807) is 6.07 Å². The van der Waals surface area contributed by atoms with E-state index in [9.17, 15) is 9.50 Å². The molecular weight excluding hydrogens is 245 g/mol. The molecule has 0 spiro atoms. The van der Waals surface area contributed by atoms with Crippen LogP contribution in [-0.4, -0.2) is 24.9 Å². The van der Waals surface area contributed by atoms with E-state index in [-0.39, 0.29) is 23.0 Å². The van der Waals surface area contributed by atoms with Gasteiger partial charge in [0.2, 0.25) is 0 Å².